The van der Waals surface area contributed by atoms with Crippen LogP contribution < -0.4 is 0 Å². The number of para-hydroxylation sites is 6. The molecule has 4 heteroatoms. The molecule has 298 valence electrons. The zero-order valence-corrected chi connectivity index (χ0v) is 34.6. The van der Waals surface area contributed by atoms with Crippen LogP contribution in [0.1, 0.15) is 0 Å². The molecule has 0 amide bonds. The highest BCUT2D eigenvalue weighted by molar-refractivity contribution is 6.14. The minimum absolute atomic E-state index is 0.913. The van der Waals surface area contributed by atoms with E-state index in [4.69, 9.17) is 4.42 Å². The molecule has 0 saturated carbocycles. The van der Waals surface area contributed by atoms with Gasteiger partial charge in [-0.1, -0.05) is 133 Å². The molecule has 0 spiro atoms. The Morgan fingerprint density at radius 1 is 0.250 bits per heavy atom. The number of furan rings is 1. The van der Waals surface area contributed by atoms with Gasteiger partial charge in [-0.15, -0.1) is 0 Å². The third kappa shape index (κ3) is 5.05. The molecule has 4 nitrogen and oxygen atoms in total. The maximum Gasteiger partial charge on any atom is 0.143 e. The fourth-order valence-electron chi connectivity index (χ4n) is 10.6. The number of nitrogens with zero attached hydrogens (tertiary/aromatic N) is 3. The summed E-state index contributed by atoms with van der Waals surface area (Å²) in [4.78, 5) is 0. The van der Waals surface area contributed by atoms with Gasteiger partial charge in [-0.25, -0.2) is 0 Å². The summed E-state index contributed by atoms with van der Waals surface area (Å²) in [5.41, 5.74) is 17.0. The number of benzene rings is 10. The van der Waals surface area contributed by atoms with Crippen LogP contribution in [-0.2, 0) is 0 Å². The van der Waals surface area contributed by atoms with Crippen molar-refractivity contribution in [3.63, 3.8) is 0 Å². The van der Waals surface area contributed by atoms with E-state index in [1.165, 1.54) is 76.5 Å². The van der Waals surface area contributed by atoms with E-state index in [1.54, 1.807) is 0 Å². The predicted octanol–water partition coefficient (Wildman–Crippen LogP) is 16.2. The fourth-order valence-corrected chi connectivity index (χ4v) is 10.6. The lowest BCUT2D eigenvalue weighted by Gasteiger charge is -2.12. The third-order valence-electron chi connectivity index (χ3n) is 13.5. The topological polar surface area (TPSA) is 27.9 Å². The molecule has 10 aromatic carbocycles. The zero-order valence-electron chi connectivity index (χ0n) is 34.6. The molecular formula is C60H37N3O. The number of aromatic nitrogens is 3. The summed E-state index contributed by atoms with van der Waals surface area (Å²) in [7, 11) is 0. The molecule has 0 N–H and O–H groups in total. The van der Waals surface area contributed by atoms with Crippen molar-refractivity contribution in [2.24, 2.45) is 0 Å². The normalized spacial score (nSPS) is 12.1. The Morgan fingerprint density at radius 2 is 0.609 bits per heavy atom. The lowest BCUT2D eigenvalue weighted by molar-refractivity contribution is 0.670. The van der Waals surface area contributed by atoms with Gasteiger partial charge in [0.25, 0.3) is 0 Å². The standard InChI is InChI=1S/C60H37N3O/c1-6-19-53-45(12-1)46-13-2-7-20-54(46)61(53)42-30-32-43(33-31-42)63-56-22-9-4-15-48(56)52-37-40(27-35-58(52)63)39-26-34-57-51(36-39)47-14-3-8-21-55(47)62(57)41-28-24-38(25-29-41)44-17-11-18-50-49-16-5-10-23-59(49)64-60(44)50/h1-37H. The van der Waals surface area contributed by atoms with Crippen molar-refractivity contribution in [3.05, 3.63) is 224 Å². The van der Waals surface area contributed by atoms with Crippen LogP contribution in [0.3, 0.4) is 0 Å². The smallest absolute Gasteiger partial charge is 0.143 e. The number of hydrogen-bond donors (Lipinski definition) is 0. The minimum Gasteiger partial charge on any atom is -0.455 e. The van der Waals surface area contributed by atoms with E-state index in [-0.39, 0.29) is 0 Å². The molecule has 0 unspecified atom stereocenters. The van der Waals surface area contributed by atoms with Crippen molar-refractivity contribution in [2.45, 2.75) is 0 Å². The summed E-state index contributed by atoms with van der Waals surface area (Å²) in [5.74, 6) is 0. The number of rotatable bonds is 5. The molecule has 4 heterocycles. The molecule has 0 fully saturated rings. The Labute approximate surface area is 367 Å². The number of fused-ring (bicyclic) bond motifs is 12. The molecule has 14 rings (SSSR count). The van der Waals surface area contributed by atoms with Crippen molar-refractivity contribution >= 4 is 87.4 Å². The molecule has 0 atom stereocenters. The fraction of sp³-hybridized carbons (Fsp3) is 0. The van der Waals surface area contributed by atoms with Gasteiger partial charge in [0.15, 0.2) is 0 Å². The predicted molar refractivity (Wildman–Crippen MR) is 268 cm³/mol. The van der Waals surface area contributed by atoms with Crippen LogP contribution in [0.5, 0.6) is 0 Å². The van der Waals surface area contributed by atoms with Crippen LogP contribution in [0, 0.1) is 0 Å². The van der Waals surface area contributed by atoms with E-state index in [2.05, 4.69) is 226 Å². The molecule has 4 aromatic heterocycles. The van der Waals surface area contributed by atoms with E-state index in [0.29, 0.717) is 0 Å². The van der Waals surface area contributed by atoms with Gasteiger partial charge in [0, 0.05) is 65.7 Å². The first-order valence-electron chi connectivity index (χ1n) is 21.9. The molecule has 14 aromatic rings. The number of hydrogen-bond acceptors (Lipinski definition) is 1. The third-order valence-corrected chi connectivity index (χ3v) is 13.5. The van der Waals surface area contributed by atoms with Gasteiger partial charge < -0.3 is 18.1 Å². The summed E-state index contributed by atoms with van der Waals surface area (Å²) in [6.45, 7) is 0. The molecule has 0 bridgehead atoms. The van der Waals surface area contributed by atoms with Gasteiger partial charge in [-0.2, -0.15) is 0 Å². The highest BCUT2D eigenvalue weighted by Crippen LogP contribution is 2.41. The van der Waals surface area contributed by atoms with Crippen molar-refractivity contribution in [2.75, 3.05) is 0 Å². The monoisotopic (exact) mass is 815 g/mol. The molecular weight excluding hydrogens is 779 g/mol. The van der Waals surface area contributed by atoms with Gasteiger partial charge in [0.1, 0.15) is 11.2 Å². The zero-order chi connectivity index (χ0) is 41.9. The van der Waals surface area contributed by atoms with E-state index in [1.807, 2.05) is 12.1 Å². The van der Waals surface area contributed by atoms with E-state index >= 15 is 0 Å². The SMILES string of the molecule is c1ccc2c(c1)oc1c(-c3ccc(-n4c5ccccc5c5cc(-c6ccc7c(c6)c6ccccc6n7-c6ccc(-n7c8ccccc8c8ccccc87)cc6)ccc54)cc3)cccc12. The van der Waals surface area contributed by atoms with Crippen molar-refractivity contribution in [1.29, 1.82) is 0 Å². The summed E-state index contributed by atoms with van der Waals surface area (Å²) < 4.78 is 13.6. The lowest BCUT2D eigenvalue weighted by atomic mass is 10.0. The maximum absolute atomic E-state index is 6.40. The first-order valence-corrected chi connectivity index (χ1v) is 21.9. The Hall–Kier alpha value is -8.60. The summed E-state index contributed by atoms with van der Waals surface area (Å²) in [6, 6.07) is 81.5. The van der Waals surface area contributed by atoms with Crippen LogP contribution >= 0.6 is 0 Å². The Kier molecular flexibility index (Phi) is 7.36. The van der Waals surface area contributed by atoms with Gasteiger partial charge in [-0.05, 0) is 108 Å². The van der Waals surface area contributed by atoms with Crippen molar-refractivity contribution < 1.29 is 4.42 Å². The van der Waals surface area contributed by atoms with Crippen LogP contribution in [-0.4, -0.2) is 13.7 Å². The quantitative estimate of drug-likeness (QED) is 0.170. The molecule has 0 saturated heterocycles. The van der Waals surface area contributed by atoms with Crippen LogP contribution in [0.15, 0.2) is 229 Å². The average molecular weight is 816 g/mol. The van der Waals surface area contributed by atoms with E-state index in [0.717, 1.165) is 50.1 Å². The first-order chi connectivity index (χ1) is 31.7. The average Bonchev–Trinajstić information content (AvgIpc) is 4.10. The molecule has 0 radical (unpaired) electrons. The van der Waals surface area contributed by atoms with Gasteiger partial charge in [-0.3, -0.25) is 0 Å². The largest absolute Gasteiger partial charge is 0.455 e. The van der Waals surface area contributed by atoms with Crippen molar-refractivity contribution in [3.8, 4) is 39.3 Å². The minimum atomic E-state index is 0.913. The Bertz CT molecular complexity index is 4120. The van der Waals surface area contributed by atoms with E-state index < -0.39 is 0 Å². The Balaban J connectivity index is 0.851. The van der Waals surface area contributed by atoms with Crippen LogP contribution in [0.25, 0.3) is 127 Å². The first kappa shape index (κ1) is 35.0. The van der Waals surface area contributed by atoms with Gasteiger partial charge in [0.05, 0.1) is 33.1 Å². The van der Waals surface area contributed by atoms with Gasteiger partial charge >= 0.3 is 0 Å². The Morgan fingerprint density at radius 3 is 1.09 bits per heavy atom. The lowest BCUT2D eigenvalue weighted by Crippen LogP contribution is -1.97. The molecule has 0 aliphatic rings. The second-order valence-electron chi connectivity index (χ2n) is 16.9. The summed E-state index contributed by atoms with van der Waals surface area (Å²) >= 11 is 0. The molecule has 0 aliphatic heterocycles. The van der Waals surface area contributed by atoms with Gasteiger partial charge in [0.2, 0.25) is 0 Å². The summed E-state index contributed by atoms with van der Waals surface area (Å²) in [5, 5.41) is 9.76. The second-order valence-corrected chi connectivity index (χ2v) is 16.9. The van der Waals surface area contributed by atoms with Crippen LogP contribution in [0.2, 0.25) is 0 Å². The second kappa shape index (κ2) is 13.4. The molecule has 0 aliphatic carbocycles. The van der Waals surface area contributed by atoms with Crippen LogP contribution in [0.4, 0.5) is 0 Å². The van der Waals surface area contributed by atoms with Crippen molar-refractivity contribution in [1.82, 2.24) is 13.7 Å². The van der Waals surface area contributed by atoms with E-state index in [9.17, 15) is 0 Å². The maximum atomic E-state index is 6.40. The molecule has 64 heavy (non-hydrogen) atoms. The summed E-state index contributed by atoms with van der Waals surface area (Å²) in [6.07, 6.45) is 0. The highest BCUT2D eigenvalue weighted by atomic mass is 16.3. The highest BCUT2D eigenvalue weighted by Gasteiger charge is 2.18.